The number of nitrogens with zero attached hydrogens (tertiary/aromatic N) is 1. The Hall–Kier alpha value is -0.780. The fourth-order valence-electron chi connectivity index (χ4n) is 2.34. The Labute approximate surface area is 118 Å². The van der Waals surface area contributed by atoms with Gasteiger partial charge in [0.25, 0.3) is 0 Å². The van der Waals surface area contributed by atoms with Crippen LogP contribution < -0.4 is 4.74 Å². The minimum Gasteiger partial charge on any atom is -0.492 e. The van der Waals surface area contributed by atoms with Crippen molar-refractivity contribution in [1.29, 1.82) is 0 Å². The molecule has 0 atom stereocenters. The van der Waals surface area contributed by atoms with Crippen LogP contribution >= 0.6 is 15.9 Å². The van der Waals surface area contributed by atoms with Crippen LogP contribution in [-0.2, 0) is 0 Å². The average Bonchev–Trinajstić information content (AvgIpc) is 2.37. The average molecular weight is 338 g/mol. The van der Waals surface area contributed by atoms with Crippen molar-refractivity contribution in [2.45, 2.75) is 31.9 Å². The molecule has 0 spiro atoms. The molecule has 0 unspecified atom stereocenters. The summed E-state index contributed by atoms with van der Waals surface area (Å²) in [6.07, 6.45) is 0.806. The SMILES string of the molecule is FC(F)(F)C1CCC(COc2ccncc2Br)CC1. The number of aromatic nitrogens is 1. The normalized spacial score (nSPS) is 24.2. The number of alkyl halides is 3. The minimum atomic E-state index is -4.04. The second-order valence-corrected chi connectivity index (χ2v) is 5.73. The number of hydrogen-bond donors (Lipinski definition) is 0. The molecule has 0 amide bonds. The van der Waals surface area contributed by atoms with Gasteiger partial charge in [-0.3, -0.25) is 4.98 Å². The highest BCUT2D eigenvalue weighted by molar-refractivity contribution is 9.10. The maximum Gasteiger partial charge on any atom is 0.391 e. The van der Waals surface area contributed by atoms with Gasteiger partial charge in [0.2, 0.25) is 0 Å². The second-order valence-electron chi connectivity index (χ2n) is 4.88. The molecule has 6 heteroatoms. The zero-order valence-electron chi connectivity index (χ0n) is 10.3. The fourth-order valence-corrected chi connectivity index (χ4v) is 2.71. The molecule has 2 nitrogen and oxygen atoms in total. The summed E-state index contributed by atoms with van der Waals surface area (Å²) in [4.78, 5) is 3.92. The topological polar surface area (TPSA) is 22.1 Å². The summed E-state index contributed by atoms with van der Waals surface area (Å²) in [5.41, 5.74) is 0. The summed E-state index contributed by atoms with van der Waals surface area (Å²) in [5, 5.41) is 0. The van der Waals surface area contributed by atoms with Crippen LogP contribution in [0.1, 0.15) is 25.7 Å². The van der Waals surface area contributed by atoms with E-state index in [-0.39, 0.29) is 18.8 Å². The van der Waals surface area contributed by atoms with Crippen LogP contribution in [0.5, 0.6) is 5.75 Å². The summed E-state index contributed by atoms with van der Waals surface area (Å²) in [6.45, 7) is 0.465. The number of hydrogen-bond acceptors (Lipinski definition) is 2. The molecule has 0 aromatic carbocycles. The van der Waals surface area contributed by atoms with Crippen LogP contribution in [0.15, 0.2) is 22.9 Å². The quantitative estimate of drug-likeness (QED) is 0.804. The number of pyridine rings is 1. The van der Waals surface area contributed by atoms with E-state index < -0.39 is 12.1 Å². The van der Waals surface area contributed by atoms with Crippen LogP contribution in [0.2, 0.25) is 0 Å². The Morgan fingerprint density at radius 2 is 1.95 bits per heavy atom. The van der Waals surface area contributed by atoms with Gasteiger partial charge in [0, 0.05) is 12.4 Å². The van der Waals surface area contributed by atoms with E-state index in [1.165, 1.54) is 0 Å². The summed E-state index contributed by atoms with van der Waals surface area (Å²) in [5.74, 6) is -0.233. The van der Waals surface area contributed by atoms with Gasteiger partial charge in [-0.15, -0.1) is 0 Å². The highest BCUT2D eigenvalue weighted by atomic mass is 79.9. The third kappa shape index (κ3) is 4.09. The molecule has 1 heterocycles. The number of halogens is 4. The van der Waals surface area contributed by atoms with Crippen LogP contribution in [-0.4, -0.2) is 17.8 Å². The summed E-state index contributed by atoms with van der Waals surface area (Å²) < 4.78 is 44.0. The lowest BCUT2D eigenvalue weighted by molar-refractivity contribution is -0.184. The smallest absolute Gasteiger partial charge is 0.391 e. The maximum atomic E-state index is 12.5. The molecule has 0 saturated heterocycles. The first-order chi connectivity index (χ1) is 8.97. The van der Waals surface area contributed by atoms with Crippen LogP contribution in [0.4, 0.5) is 13.2 Å². The lowest BCUT2D eigenvalue weighted by Gasteiger charge is -2.29. The standard InChI is InChI=1S/C13H15BrF3NO/c14-11-7-18-6-5-12(11)19-8-9-1-3-10(4-2-9)13(15,16)17/h5-7,9-10H,1-4,8H2. The predicted octanol–water partition coefficient (Wildman–Crippen LogP) is 4.59. The summed E-state index contributed by atoms with van der Waals surface area (Å²) in [7, 11) is 0. The predicted molar refractivity (Wildman–Crippen MR) is 68.9 cm³/mol. The Balaban J connectivity index is 1.79. The lowest BCUT2D eigenvalue weighted by atomic mass is 9.82. The third-order valence-corrected chi connectivity index (χ3v) is 4.11. The zero-order valence-corrected chi connectivity index (χ0v) is 11.9. The molecule has 1 aromatic heterocycles. The Bertz CT molecular complexity index is 417. The molecule has 106 valence electrons. The minimum absolute atomic E-state index is 0.207. The van der Waals surface area contributed by atoms with Gasteiger partial charge < -0.3 is 4.74 Å². The highest BCUT2D eigenvalue weighted by Crippen LogP contribution is 2.39. The van der Waals surface area contributed by atoms with Crippen molar-refractivity contribution in [3.8, 4) is 5.75 Å². The largest absolute Gasteiger partial charge is 0.492 e. The molecular weight excluding hydrogens is 323 g/mol. The van der Waals surface area contributed by atoms with Crippen molar-refractivity contribution in [3.05, 3.63) is 22.9 Å². The van der Waals surface area contributed by atoms with E-state index in [4.69, 9.17) is 4.74 Å². The monoisotopic (exact) mass is 337 g/mol. The van der Waals surface area contributed by atoms with Crippen LogP contribution in [0.3, 0.4) is 0 Å². The van der Waals surface area contributed by atoms with Crippen molar-refractivity contribution in [3.63, 3.8) is 0 Å². The van der Waals surface area contributed by atoms with Crippen LogP contribution in [0, 0.1) is 11.8 Å². The second kappa shape index (κ2) is 6.11. The summed E-state index contributed by atoms with van der Waals surface area (Å²) in [6, 6.07) is 1.74. The first kappa shape index (κ1) is 14.6. The molecule has 1 aliphatic rings. The number of rotatable bonds is 3. The molecule has 1 aromatic rings. The molecule has 19 heavy (non-hydrogen) atoms. The Morgan fingerprint density at radius 1 is 1.26 bits per heavy atom. The molecular formula is C13H15BrF3NO. The molecule has 1 fully saturated rings. The highest BCUT2D eigenvalue weighted by Gasteiger charge is 2.41. The lowest BCUT2D eigenvalue weighted by Crippen LogP contribution is -2.29. The fraction of sp³-hybridized carbons (Fsp3) is 0.615. The van der Waals surface area contributed by atoms with Gasteiger partial charge in [-0.2, -0.15) is 13.2 Å². The molecule has 0 bridgehead atoms. The Morgan fingerprint density at radius 3 is 2.53 bits per heavy atom. The van der Waals surface area contributed by atoms with Gasteiger partial charge in [-0.25, -0.2) is 0 Å². The van der Waals surface area contributed by atoms with E-state index in [0.29, 0.717) is 25.2 Å². The van der Waals surface area contributed by atoms with E-state index in [2.05, 4.69) is 20.9 Å². The van der Waals surface area contributed by atoms with Gasteiger partial charge in [0.05, 0.1) is 17.0 Å². The van der Waals surface area contributed by atoms with E-state index >= 15 is 0 Å². The summed E-state index contributed by atoms with van der Waals surface area (Å²) >= 11 is 3.32. The van der Waals surface area contributed by atoms with Crippen molar-refractivity contribution in [2.75, 3.05) is 6.61 Å². The van der Waals surface area contributed by atoms with Gasteiger partial charge in [-0.05, 0) is 53.6 Å². The zero-order chi connectivity index (χ0) is 13.9. The molecule has 0 radical (unpaired) electrons. The Kier molecular flexibility index (Phi) is 4.71. The first-order valence-corrected chi connectivity index (χ1v) is 7.05. The van der Waals surface area contributed by atoms with Crippen molar-refractivity contribution in [2.24, 2.45) is 11.8 Å². The van der Waals surface area contributed by atoms with Crippen molar-refractivity contribution < 1.29 is 17.9 Å². The molecule has 0 N–H and O–H groups in total. The van der Waals surface area contributed by atoms with Gasteiger partial charge in [0.1, 0.15) is 5.75 Å². The van der Waals surface area contributed by atoms with E-state index in [1.807, 2.05) is 0 Å². The molecule has 0 aliphatic heterocycles. The number of ether oxygens (including phenoxy) is 1. The van der Waals surface area contributed by atoms with Gasteiger partial charge in [0.15, 0.2) is 0 Å². The van der Waals surface area contributed by atoms with E-state index in [1.54, 1.807) is 18.5 Å². The molecule has 1 aliphatic carbocycles. The van der Waals surface area contributed by atoms with Gasteiger partial charge >= 0.3 is 6.18 Å². The van der Waals surface area contributed by atoms with Crippen LogP contribution in [0.25, 0.3) is 0 Å². The van der Waals surface area contributed by atoms with Crippen molar-refractivity contribution in [1.82, 2.24) is 4.98 Å². The third-order valence-electron chi connectivity index (χ3n) is 3.52. The maximum absolute atomic E-state index is 12.5. The van der Waals surface area contributed by atoms with E-state index in [0.717, 1.165) is 4.47 Å². The van der Waals surface area contributed by atoms with E-state index in [9.17, 15) is 13.2 Å². The molecule has 1 saturated carbocycles. The first-order valence-electron chi connectivity index (χ1n) is 6.26. The van der Waals surface area contributed by atoms with Gasteiger partial charge in [-0.1, -0.05) is 0 Å². The van der Waals surface area contributed by atoms with Crippen molar-refractivity contribution >= 4 is 15.9 Å². The molecule has 2 rings (SSSR count).